The number of hydrogen-bond acceptors (Lipinski definition) is 4. The molecule has 0 radical (unpaired) electrons. The molecule has 0 saturated heterocycles. The van der Waals surface area contributed by atoms with Crippen LogP contribution < -0.4 is 10.1 Å². The largest absolute Gasteiger partial charge is 0.465 e. The van der Waals surface area contributed by atoms with Gasteiger partial charge in [0.25, 0.3) is 0 Å². The maximum Gasteiger partial charge on any atom is 0.411 e. The summed E-state index contributed by atoms with van der Waals surface area (Å²) in [7, 11) is 0. The fourth-order valence-electron chi connectivity index (χ4n) is 2.80. The third-order valence-electron chi connectivity index (χ3n) is 4.76. The van der Waals surface area contributed by atoms with Gasteiger partial charge in [0.2, 0.25) is 0 Å². The van der Waals surface area contributed by atoms with Gasteiger partial charge in [0, 0.05) is 12.1 Å². The van der Waals surface area contributed by atoms with Crippen LogP contribution in [-0.4, -0.2) is 25.6 Å². The normalized spacial score (nSPS) is 12.8. The summed E-state index contributed by atoms with van der Waals surface area (Å²) in [4.78, 5) is 11.8. The van der Waals surface area contributed by atoms with Crippen molar-refractivity contribution in [2.24, 2.45) is 0 Å². The van der Waals surface area contributed by atoms with Gasteiger partial charge in [-0.15, -0.1) is 0 Å². The smallest absolute Gasteiger partial charge is 0.411 e. The van der Waals surface area contributed by atoms with E-state index in [0.29, 0.717) is 11.6 Å². The van der Waals surface area contributed by atoms with Crippen molar-refractivity contribution >= 4 is 11.8 Å². The minimum atomic E-state index is -0.494. The minimum absolute atomic E-state index is 0.164. The van der Waals surface area contributed by atoms with E-state index in [-0.39, 0.29) is 19.5 Å². The average molecular weight is 400 g/mol. The summed E-state index contributed by atoms with van der Waals surface area (Å²) in [5, 5.41) is 2.68. The van der Waals surface area contributed by atoms with Crippen LogP contribution in [0.15, 0.2) is 54.6 Å². The Morgan fingerprint density at radius 3 is 2.38 bits per heavy atom. The lowest BCUT2D eigenvalue weighted by molar-refractivity contribution is -0.0938. The van der Waals surface area contributed by atoms with E-state index in [0.717, 1.165) is 31.4 Å². The molecule has 2 aromatic rings. The molecule has 0 heterocycles. The predicted octanol–water partition coefficient (Wildman–Crippen LogP) is 6.36. The topological polar surface area (TPSA) is 56.8 Å². The molecule has 0 bridgehead atoms. The summed E-state index contributed by atoms with van der Waals surface area (Å²) >= 11 is 0. The van der Waals surface area contributed by atoms with E-state index in [1.54, 1.807) is 12.1 Å². The first-order chi connectivity index (χ1) is 14.1. The predicted molar refractivity (Wildman–Crippen MR) is 116 cm³/mol. The van der Waals surface area contributed by atoms with Crippen molar-refractivity contribution in [1.29, 1.82) is 0 Å². The number of para-hydroxylation sites is 1. The summed E-state index contributed by atoms with van der Waals surface area (Å²) in [5.74, 6) is 1.33. The SMILES string of the molecule is CCCCC(OCCOC(=O)Nc1ccccc1)Oc1ccc(C(C)CC)cc1. The van der Waals surface area contributed by atoms with E-state index in [4.69, 9.17) is 14.2 Å². The van der Waals surface area contributed by atoms with Crippen LogP contribution in [-0.2, 0) is 9.47 Å². The van der Waals surface area contributed by atoms with Crippen molar-refractivity contribution in [2.45, 2.75) is 58.7 Å². The molecular weight excluding hydrogens is 366 g/mol. The Labute approximate surface area is 174 Å². The Morgan fingerprint density at radius 1 is 1.00 bits per heavy atom. The average Bonchev–Trinajstić information content (AvgIpc) is 2.75. The zero-order chi connectivity index (χ0) is 20.9. The van der Waals surface area contributed by atoms with Crippen LogP contribution in [0.2, 0.25) is 0 Å². The van der Waals surface area contributed by atoms with Crippen molar-refractivity contribution in [3.8, 4) is 5.75 Å². The molecule has 1 amide bonds. The molecule has 158 valence electrons. The second kappa shape index (κ2) is 12.8. The van der Waals surface area contributed by atoms with Gasteiger partial charge in [0.1, 0.15) is 12.4 Å². The number of nitrogens with one attached hydrogen (secondary N) is 1. The van der Waals surface area contributed by atoms with E-state index in [2.05, 4.69) is 38.2 Å². The summed E-state index contributed by atoms with van der Waals surface area (Å²) in [6.45, 7) is 6.98. The number of carbonyl (C=O) groups excluding carboxylic acids is 1. The first kappa shape index (κ1) is 22.8. The number of anilines is 1. The van der Waals surface area contributed by atoms with Gasteiger partial charge in [0.15, 0.2) is 6.29 Å². The lowest BCUT2D eigenvalue weighted by Gasteiger charge is -2.20. The highest BCUT2D eigenvalue weighted by atomic mass is 16.7. The van der Waals surface area contributed by atoms with Crippen molar-refractivity contribution in [3.05, 3.63) is 60.2 Å². The standard InChI is InChI=1S/C24H33NO4/c1-4-6-12-23(29-22-15-13-20(14-16-22)19(3)5-2)27-17-18-28-24(26)25-21-10-8-7-9-11-21/h7-11,13-16,19,23H,4-6,12,17-18H2,1-3H3,(H,25,26). The lowest BCUT2D eigenvalue weighted by Crippen LogP contribution is -2.24. The van der Waals surface area contributed by atoms with E-state index in [1.807, 2.05) is 30.3 Å². The highest BCUT2D eigenvalue weighted by Crippen LogP contribution is 2.23. The van der Waals surface area contributed by atoms with Crippen LogP contribution in [0, 0.1) is 0 Å². The molecule has 0 aliphatic carbocycles. The van der Waals surface area contributed by atoms with Crippen LogP contribution in [0.5, 0.6) is 5.75 Å². The molecule has 2 unspecified atom stereocenters. The van der Waals surface area contributed by atoms with Crippen molar-refractivity contribution in [2.75, 3.05) is 18.5 Å². The molecule has 0 fully saturated rings. The molecule has 0 aliphatic heterocycles. The molecule has 2 aromatic carbocycles. The van der Waals surface area contributed by atoms with Gasteiger partial charge in [-0.05, 0) is 48.6 Å². The lowest BCUT2D eigenvalue weighted by atomic mass is 9.99. The number of hydrogen-bond donors (Lipinski definition) is 1. The zero-order valence-corrected chi connectivity index (χ0v) is 17.7. The van der Waals surface area contributed by atoms with Crippen molar-refractivity contribution < 1.29 is 19.0 Å². The Hall–Kier alpha value is -2.53. The summed E-state index contributed by atoms with van der Waals surface area (Å²) in [6.07, 6.45) is 3.12. The summed E-state index contributed by atoms with van der Waals surface area (Å²) in [5.41, 5.74) is 2.01. The van der Waals surface area contributed by atoms with Gasteiger partial charge in [-0.1, -0.05) is 57.5 Å². The fraction of sp³-hybridized carbons (Fsp3) is 0.458. The molecule has 5 nitrogen and oxygen atoms in total. The number of ether oxygens (including phenoxy) is 3. The van der Waals surface area contributed by atoms with Gasteiger partial charge < -0.3 is 14.2 Å². The first-order valence-corrected chi connectivity index (χ1v) is 10.5. The summed E-state index contributed by atoms with van der Waals surface area (Å²) < 4.78 is 17.0. The molecule has 1 N–H and O–H groups in total. The molecular formula is C24H33NO4. The minimum Gasteiger partial charge on any atom is -0.465 e. The second-order valence-electron chi connectivity index (χ2n) is 7.07. The van der Waals surface area contributed by atoms with Gasteiger partial charge in [0.05, 0.1) is 6.61 Å². The number of rotatable bonds is 12. The number of unbranched alkanes of at least 4 members (excludes halogenated alkanes) is 1. The second-order valence-corrected chi connectivity index (χ2v) is 7.07. The van der Waals surface area contributed by atoms with E-state index >= 15 is 0 Å². The van der Waals surface area contributed by atoms with Crippen LogP contribution in [0.3, 0.4) is 0 Å². The molecule has 0 aromatic heterocycles. The van der Waals surface area contributed by atoms with E-state index < -0.39 is 6.09 Å². The van der Waals surface area contributed by atoms with E-state index in [1.165, 1.54) is 5.56 Å². The number of amides is 1. The molecule has 0 aliphatic rings. The van der Waals surface area contributed by atoms with Crippen LogP contribution in [0.4, 0.5) is 10.5 Å². The molecule has 0 saturated carbocycles. The van der Waals surface area contributed by atoms with Gasteiger partial charge in [-0.3, -0.25) is 5.32 Å². The zero-order valence-electron chi connectivity index (χ0n) is 17.7. The first-order valence-electron chi connectivity index (χ1n) is 10.5. The molecule has 2 rings (SSSR count). The van der Waals surface area contributed by atoms with Crippen molar-refractivity contribution in [3.63, 3.8) is 0 Å². The Kier molecular flexibility index (Phi) is 10.1. The molecule has 0 spiro atoms. The maximum atomic E-state index is 11.8. The highest BCUT2D eigenvalue weighted by Gasteiger charge is 2.12. The Balaban J connectivity index is 1.76. The molecule has 29 heavy (non-hydrogen) atoms. The third-order valence-corrected chi connectivity index (χ3v) is 4.76. The highest BCUT2D eigenvalue weighted by molar-refractivity contribution is 5.84. The summed E-state index contributed by atoms with van der Waals surface area (Å²) in [6, 6.07) is 17.4. The molecule has 5 heteroatoms. The monoisotopic (exact) mass is 399 g/mol. The van der Waals surface area contributed by atoms with Crippen molar-refractivity contribution in [1.82, 2.24) is 0 Å². The van der Waals surface area contributed by atoms with Gasteiger partial charge in [-0.25, -0.2) is 4.79 Å². The van der Waals surface area contributed by atoms with Gasteiger partial charge >= 0.3 is 6.09 Å². The van der Waals surface area contributed by atoms with Crippen LogP contribution >= 0.6 is 0 Å². The Bertz CT molecular complexity index is 703. The number of benzene rings is 2. The van der Waals surface area contributed by atoms with Gasteiger partial charge in [-0.2, -0.15) is 0 Å². The van der Waals surface area contributed by atoms with Crippen LogP contribution in [0.25, 0.3) is 0 Å². The number of carbonyl (C=O) groups is 1. The Morgan fingerprint density at radius 2 is 1.72 bits per heavy atom. The van der Waals surface area contributed by atoms with Crippen LogP contribution in [0.1, 0.15) is 57.9 Å². The maximum absolute atomic E-state index is 11.8. The van der Waals surface area contributed by atoms with E-state index in [9.17, 15) is 4.79 Å². The molecule has 2 atom stereocenters. The third kappa shape index (κ3) is 8.57. The fourth-order valence-corrected chi connectivity index (χ4v) is 2.80. The quantitative estimate of drug-likeness (QED) is 0.333.